The molecule has 0 saturated carbocycles. The molecule has 1 aromatic carbocycles. The van der Waals surface area contributed by atoms with Gasteiger partial charge >= 0.3 is 12.0 Å². The van der Waals surface area contributed by atoms with Crippen LogP contribution in [0.25, 0.3) is 10.9 Å². The molecule has 1 amide bonds. The predicted molar refractivity (Wildman–Crippen MR) is 113 cm³/mol. The van der Waals surface area contributed by atoms with E-state index in [1.54, 1.807) is 15.7 Å². The summed E-state index contributed by atoms with van der Waals surface area (Å²) in [5.41, 5.74) is 3.66. The molecule has 2 aromatic rings. The number of amides is 1. The Balaban J connectivity index is 1.68. The first-order valence-electron chi connectivity index (χ1n) is 9.65. The molecule has 1 N–H and O–H groups in total. The third-order valence-electron chi connectivity index (χ3n) is 4.82. The number of ether oxygens (including phenoxy) is 1. The van der Waals surface area contributed by atoms with Crippen LogP contribution < -0.4 is 5.32 Å². The van der Waals surface area contributed by atoms with Gasteiger partial charge in [-0.1, -0.05) is 17.7 Å². The fourth-order valence-corrected chi connectivity index (χ4v) is 3.29. The summed E-state index contributed by atoms with van der Waals surface area (Å²) in [5, 5.41) is 3.75. The van der Waals surface area contributed by atoms with Crippen LogP contribution in [0.15, 0.2) is 48.4 Å². The van der Waals surface area contributed by atoms with E-state index in [-0.39, 0.29) is 12.8 Å². The minimum absolute atomic E-state index is 0.180. The van der Waals surface area contributed by atoms with E-state index in [1.165, 1.54) is 0 Å². The maximum atomic E-state index is 12.7. The van der Waals surface area contributed by atoms with Crippen LogP contribution in [0.2, 0.25) is 0 Å². The van der Waals surface area contributed by atoms with Crippen molar-refractivity contribution in [3.05, 3.63) is 59.6 Å². The van der Waals surface area contributed by atoms with Crippen LogP contribution in [0.3, 0.4) is 0 Å². The van der Waals surface area contributed by atoms with Gasteiger partial charge in [0.15, 0.2) is 6.73 Å². The molecule has 0 fully saturated rings. The molecule has 0 unspecified atom stereocenters. The molecule has 0 bridgehead atoms. The third-order valence-corrected chi connectivity index (χ3v) is 4.82. The van der Waals surface area contributed by atoms with E-state index in [4.69, 9.17) is 4.74 Å². The molecule has 1 aromatic heterocycles. The highest BCUT2D eigenvalue weighted by Crippen LogP contribution is 2.23. The van der Waals surface area contributed by atoms with Gasteiger partial charge in [-0.25, -0.2) is 9.59 Å². The zero-order chi connectivity index (χ0) is 21.0. The molecule has 0 radical (unpaired) electrons. The number of nitrogens with zero attached hydrogens (tertiary/aromatic N) is 3. The molecule has 0 atom stereocenters. The van der Waals surface area contributed by atoms with E-state index >= 15 is 0 Å². The number of aryl methyl sites for hydroxylation is 1. The van der Waals surface area contributed by atoms with Crippen molar-refractivity contribution in [2.24, 2.45) is 0 Å². The molecule has 2 heterocycles. The Morgan fingerprint density at radius 2 is 2.07 bits per heavy atom. The molecule has 29 heavy (non-hydrogen) atoms. The number of aromatic nitrogens is 1. The second-order valence-corrected chi connectivity index (χ2v) is 7.56. The van der Waals surface area contributed by atoms with Gasteiger partial charge in [0.1, 0.15) is 0 Å². The Hall–Kier alpha value is -3.06. The molecule has 3 rings (SSSR count). The fourth-order valence-electron chi connectivity index (χ4n) is 3.29. The molecule has 0 aliphatic carbocycles. The van der Waals surface area contributed by atoms with Crippen molar-refractivity contribution in [2.75, 3.05) is 34.4 Å². The minimum atomic E-state index is -0.429. The Bertz CT molecular complexity index is 972. The lowest BCUT2D eigenvalue weighted by Gasteiger charge is -2.16. The average Bonchev–Trinajstić information content (AvgIpc) is 3.04. The van der Waals surface area contributed by atoms with Crippen molar-refractivity contribution in [2.45, 2.75) is 19.8 Å². The highest BCUT2D eigenvalue weighted by Gasteiger charge is 2.16. The molecule has 0 spiro atoms. The van der Waals surface area contributed by atoms with Gasteiger partial charge in [-0.05, 0) is 51.3 Å². The van der Waals surface area contributed by atoms with E-state index in [0.29, 0.717) is 12.0 Å². The van der Waals surface area contributed by atoms with E-state index < -0.39 is 5.97 Å². The number of hydrogen-bond acceptors (Lipinski definition) is 5. The molecule has 1 aliphatic heterocycles. The number of likely N-dealkylation sites (N-methyl/N-ethyl adjacent to an activating group) is 1. The Kier molecular flexibility index (Phi) is 6.39. The maximum absolute atomic E-state index is 12.7. The highest BCUT2D eigenvalue weighted by atomic mass is 16.5. The van der Waals surface area contributed by atoms with E-state index in [0.717, 1.165) is 35.0 Å². The summed E-state index contributed by atoms with van der Waals surface area (Å²) >= 11 is 0. The van der Waals surface area contributed by atoms with Gasteiger partial charge in [-0.3, -0.25) is 4.57 Å². The zero-order valence-corrected chi connectivity index (χ0v) is 17.4. The van der Waals surface area contributed by atoms with Crippen molar-refractivity contribution in [3.63, 3.8) is 0 Å². The summed E-state index contributed by atoms with van der Waals surface area (Å²) in [4.78, 5) is 28.8. The number of benzene rings is 1. The van der Waals surface area contributed by atoms with Crippen molar-refractivity contribution < 1.29 is 14.3 Å². The van der Waals surface area contributed by atoms with Crippen molar-refractivity contribution in [3.8, 4) is 0 Å². The van der Waals surface area contributed by atoms with Crippen molar-refractivity contribution >= 4 is 22.9 Å². The molecule has 1 aliphatic rings. The van der Waals surface area contributed by atoms with E-state index in [2.05, 4.69) is 16.3 Å². The molecule has 7 nitrogen and oxygen atoms in total. The second kappa shape index (κ2) is 8.96. The fraction of sp³-hybridized carbons (Fsp3) is 0.364. The SMILES string of the molecule is Cc1ccc2c(c1)c(CCN(C)C)cn2C(=O)NCOC(=O)C1=CN(C)C=CC1. The van der Waals surface area contributed by atoms with Crippen LogP contribution in [0.4, 0.5) is 4.79 Å². The first kappa shape index (κ1) is 20.7. The summed E-state index contributed by atoms with van der Waals surface area (Å²) in [6, 6.07) is 5.72. The number of carbonyl (C=O) groups is 2. The summed E-state index contributed by atoms with van der Waals surface area (Å²) in [6.07, 6.45) is 8.73. The van der Waals surface area contributed by atoms with E-state index in [1.807, 2.05) is 58.7 Å². The van der Waals surface area contributed by atoms with Gasteiger partial charge in [-0.15, -0.1) is 0 Å². The largest absolute Gasteiger partial charge is 0.441 e. The van der Waals surface area contributed by atoms with Gasteiger partial charge in [0.25, 0.3) is 0 Å². The lowest BCUT2D eigenvalue weighted by molar-refractivity contribution is -0.139. The van der Waals surface area contributed by atoms with Gasteiger partial charge in [0, 0.05) is 37.8 Å². The number of fused-ring (bicyclic) bond motifs is 1. The summed E-state index contributed by atoms with van der Waals surface area (Å²) in [6.45, 7) is 2.75. The van der Waals surface area contributed by atoms with Crippen LogP contribution in [0.5, 0.6) is 0 Å². The molecular formula is C22H28N4O3. The zero-order valence-electron chi connectivity index (χ0n) is 17.4. The molecule has 154 valence electrons. The van der Waals surface area contributed by atoms with Gasteiger partial charge in [0.05, 0.1) is 11.1 Å². The van der Waals surface area contributed by atoms with E-state index in [9.17, 15) is 9.59 Å². The minimum Gasteiger partial charge on any atom is -0.441 e. The van der Waals surface area contributed by atoms with Crippen molar-refractivity contribution in [1.29, 1.82) is 0 Å². The standard InChI is InChI=1S/C22H28N4O3/c1-16-7-8-20-19(12-16)17(9-11-24(2)3)14-26(20)22(28)23-15-29-21(27)18-6-5-10-25(4)13-18/h5,7-8,10,12-14H,6,9,11,15H2,1-4H3,(H,23,28). The smallest absolute Gasteiger partial charge is 0.337 e. The lowest BCUT2D eigenvalue weighted by Crippen LogP contribution is -2.31. The first-order valence-corrected chi connectivity index (χ1v) is 9.65. The maximum Gasteiger partial charge on any atom is 0.337 e. The Morgan fingerprint density at radius 1 is 1.28 bits per heavy atom. The lowest BCUT2D eigenvalue weighted by atomic mass is 10.1. The number of allylic oxidation sites excluding steroid dienone is 1. The quantitative estimate of drug-likeness (QED) is 0.601. The van der Waals surface area contributed by atoms with Gasteiger partial charge < -0.3 is 19.9 Å². The second-order valence-electron chi connectivity index (χ2n) is 7.56. The third kappa shape index (κ3) is 5.06. The molecular weight excluding hydrogens is 368 g/mol. The van der Waals surface area contributed by atoms with Crippen LogP contribution in [0.1, 0.15) is 17.5 Å². The van der Waals surface area contributed by atoms with Crippen LogP contribution in [-0.4, -0.2) is 60.8 Å². The van der Waals surface area contributed by atoms with Crippen LogP contribution in [0, 0.1) is 6.92 Å². The van der Waals surface area contributed by atoms with Crippen LogP contribution in [-0.2, 0) is 16.0 Å². The summed E-state index contributed by atoms with van der Waals surface area (Å²) in [5.74, 6) is -0.429. The first-order chi connectivity index (χ1) is 13.8. The highest BCUT2D eigenvalue weighted by molar-refractivity contribution is 5.94. The number of carbonyl (C=O) groups excluding carboxylic acids is 2. The molecule has 0 saturated heterocycles. The predicted octanol–water partition coefficient (Wildman–Crippen LogP) is 2.85. The molecule has 7 heteroatoms. The summed E-state index contributed by atoms with van der Waals surface area (Å²) < 4.78 is 6.81. The number of nitrogens with one attached hydrogen (secondary N) is 1. The summed E-state index contributed by atoms with van der Waals surface area (Å²) in [7, 11) is 5.90. The Morgan fingerprint density at radius 3 is 2.79 bits per heavy atom. The Labute approximate surface area is 171 Å². The number of rotatable bonds is 6. The van der Waals surface area contributed by atoms with Gasteiger partial charge in [0.2, 0.25) is 0 Å². The van der Waals surface area contributed by atoms with Gasteiger partial charge in [-0.2, -0.15) is 0 Å². The monoisotopic (exact) mass is 396 g/mol. The van der Waals surface area contributed by atoms with Crippen LogP contribution >= 0.6 is 0 Å². The normalized spacial score (nSPS) is 13.7. The average molecular weight is 396 g/mol. The topological polar surface area (TPSA) is 66.8 Å². The number of hydrogen-bond donors (Lipinski definition) is 1. The van der Waals surface area contributed by atoms with Crippen molar-refractivity contribution in [1.82, 2.24) is 19.7 Å². The number of esters is 1.